The molecule has 1 fully saturated rings. The van der Waals surface area contributed by atoms with Crippen LogP contribution in [0, 0.1) is 0 Å². The molecule has 1 saturated carbocycles. The molecule has 17 nitrogen and oxygen atoms in total. The summed E-state index contributed by atoms with van der Waals surface area (Å²) in [6, 6.07) is 0. The first-order chi connectivity index (χ1) is 31.5. The smallest absolute Gasteiger partial charge is 0.462 e. The van der Waals surface area contributed by atoms with Crippen LogP contribution in [0.2, 0.25) is 0 Å². The van der Waals surface area contributed by atoms with Gasteiger partial charge in [-0.25, -0.2) is 9.13 Å². The lowest BCUT2D eigenvalue weighted by Crippen LogP contribution is -2.64. The molecule has 0 bridgehead atoms. The zero-order valence-corrected chi connectivity index (χ0v) is 40.5. The first-order valence-corrected chi connectivity index (χ1v) is 26.3. The molecule has 0 aliphatic heterocycles. The van der Waals surface area contributed by atoms with E-state index in [4.69, 9.17) is 28.3 Å². The normalized spacial score (nSPS) is 22.8. The second kappa shape index (κ2) is 37.1. The Morgan fingerprint density at radius 2 is 1.12 bits per heavy atom. The van der Waals surface area contributed by atoms with Crippen LogP contribution in [0.25, 0.3) is 0 Å². The molecular weight excluding hydrogens is 898 g/mol. The number of rotatable bonds is 37. The molecule has 0 heterocycles. The lowest BCUT2D eigenvalue weighted by atomic mass is 9.85. The zero-order valence-electron chi connectivity index (χ0n) is 38.7. The average Bonchev–Trinajstić information content (AvgIpc) is 3.26. The van der Waals surface area contributed by atoms with Gasteiger partial charge < -0.3 is 49.7 Å². The highest BCUT2D eigenvalue weighted by Crippen LogP contribution is 2.49. The van der Waals surface area contributed by atoms with Crippen molar-refractivity contribution in [1.29, 1.82) is 0 Å². The van der Waals surface area contributed by atoms with Crippen LogP contribution in [0.4, 0.5) is 0 Å². The van der Waals surface area contributed by atoms with E-state index in [-0.39, 0.29) is 12.8 Å². The van der Waals surface area contributed by atoms with Gasteiger partial charge in [0, 0.05) is 12.8 Å². The summed E-state index contributed by atoms with van der Waals surface area (Å²) >= 11 is 0. The van der Waals surface area contributed by atoms with Crippen molar-refractivity contribution in [3.05, 3.63) is 85.1 Å². The summed E-state index contributed by atoms with van der Waals surface area (Å²) < 4.78 is 49.2. The van der Waals surface area contributed by atoms with Gasteiger partial charge in [0.25, 0.3) is 0 Å². The third-order valence-electron chi connectivity index (χ3n) is 10.0. The maximum absolute atomic E-state index is 13.0. The van der Waals surface area contributed by atoms with Crippen LogP contribution in [0.1, 0.15) is 136 Å². The summed E-state index contributed by atoms with van der Waals surface area (Å²) in [5.41, 5.74) is 0. The maximum atomic E-state index is 13.0. The van der Waals surface area contributed by atoms with E-state index < -0.39 is 89.6 Å². The minimum Gasteiger partial charge on any atom is -0.462 e. The molecule has 1 aliphatic rings. The molecule has 0 aromatic carbocycles. The molecule has 378 valence electrons. The van der Waals surface area contributed by atoms with Crippen LogP contribution < -0.4 is 0 Å². The molecule has 8 N–H and O–H groups in total. The van der Waals surface area contributed by atoms with E-state index in [0.29, 0.717) is 25.7 Å². The highest BCUT2D eigenvalue weighted by Gasteiger charge is 2.54. The van der Waals surface area contributed by atoms with Gasteiger partial charge in [-0.1, -0.05) is 131 Å². The molecule has 0 saturated heterocycles. The van der Waals surface area contributed by atoms with Crippen molar-refractivity contribution < 1.29 is 82.0 Å². The second-order valence-corrected chi connectivity index (χ2v) is 18.5. The molecule has 1 rings (SSSR count). The number of phosphoric acid groups is 2. The first kappa shape index (κ1) is 61.2. The third kappa shape index (κ3) is 31.2. The minimum absolute atomic E-state index is 0.0516. The van der Waals surface area contributed by atoms with Crippen LogP contribution >= 0.6 is 15.6 Å². The summed E-state index contributed by atoms with van der Waals surface area (Å²) in [6.07, 6.45) is 27.3. The number of hydrogen-bond donors (Lipinski definition) is 8. The Bertz CT molecular complexity index is 1620. The van der Waals surface area contributed by atoms with Crippen molar-refractivity contribution in [1.82, 2.24) is 0 Å². The number of aliphatic hydroxyl groups excluding tert-OH is 5. The zero-order chi connectivity index (χ0) is 49.1. The molecule has 6 unspecified atom stereocenters. The van der Waals surface area contributed by atoms with Gasteiger partial charge in [0.15, 0.2) is 6.10 Å². The van der Waals surface area contributed by atoms with Crippen molar-refractivity contribution >= 4 is 27.6 Å². The Labute approximate surface area is 391 Å². The molecule has 19 heteroatoms. The summed E-state index contributed by atoms with van der Waals surface area (Å²) in [5.74, 6) is -1.33. The number of ether oxygens (including phenoxy) is 2. The Kier molecular flexibility index (Phi) is 34.4. The SMILES string of the molecule is CC/C=C/CC(O)/C=C/C=C/CCCCCCCC(=O)OC[C@H](COP(=O)(O)O[C@H]1C(O)C(O)C(O)[C@@H](OP(=O)(O)O)C1O)OC(=O)CCC/C=C\C/C=C\C/C=C\C/C=C\CCCCC. The average molecular weight is 977 g/mol. The predicted molar refractivity (Wildman–Crippen MR) is 251 cm³/mol. The van der Waals surface area contributed by atoms with Gasteiger partial charge in [0.05, 0.1) is 12.7 Å². The quantitative estimate of drug-likeness (QED) is 0.00979. The van der Waals surface area contributed by atoms with E-state index in [1.165, 1.54) is 19.3 Å². The summed E-state index contributed by atoms with van der Waals surface area (Å²) in [4.78, 5) is 54.2. The fraction of sp³-hybridized carbons (Fsp3) is 0.660. The highest BCUT2D eigenvalue weighted by atomic mass is 31.2. The number of unbranched alkanes of at least 4 members (excludes halogenated alkanes) is 9. The van der Waals surface area contributed by atoms with Gasteiger partial charge in [-0.05, 0) is 77.0 Å². The minimum atomic E-state index is -5.38. The Balaban J connectivity index is 2.68. The van der Waals surface area contributed by atoms with E-state index in [2.05, 4.69) is 41.8 Å². The van der Waals surface area contributed by atoms with Gasteiger partial charge in [-0.3, -0.25) is 23.2 Å². The van der Waals surface area contributed by atoms with Crippen LogP contribution in [0.3, 0.4) is 0 Å². The van der Waals surface area contributed by atoms with Gasteiger partial charge in [-0.15, -0.1) is 0 Å². The van der Waals surface area contributed by atoms with Crippen molar-refractivity contribution in [3.63, 3.8) is 0 Å². The summed E-state index contributed by atoms with van der Waals surface area (Å²) in [5, 5.41) is 51.1. The van der Waals surface area contributed by atoms with Gasteiger partial charge in [-0.2, -0.15) is 0 Å². The maximum Gasteiger partial charge on any atom is 0.472 e. The van der Waals surface area contributed by atoms with Crippen molar-refractivity contribution in [2.24, 2.45) is 0 Å². The third-order valence-corrected chi connectivity index (χ3v) is 11.5. The largest absolute Gasteiger partial charge is 0.472 e. The van der Waals surface area contributed by atoms with Crippen molar-refractivity contribution in [2.45, 2.75) is 185 Å². The van der Waals surface area contributed by atoms with E-state index in [1.54, 1.807) is 6.08 Å². The fourth-order valence-corrected chi connectivity index (χ4v) is 7.94. The Morgan fingerprint density at radius 1 is 0.576 bits per heavy atom. The monoisotopic (exact) mass is 976 g/mol. The van der Waals surface area contributed by atoms with Crippen LogP contribution in [-0.2, 0) is 41.8 Å². The Morgan fingerprint density at radius 3 is 1.74 bits per heavy atom. The number of allylic oxidation sites excluding steroid dienone is 12. The molecule has 0 aromatic rings. The number of esters is 2. The second-order valence-electron chi connectivity index (χ2n) is 15.9. The summed E-state index contributed by atoms with van der Waals surface area (Å²) in [6.45, 7) is 2.79. The van der Waals surface area contributed by atoms with E-state index in [1.807, 2.05) is 55.5 Å². The van der Waals surface area contributed by atoms with Crippen LogP contribution in [0.15, 0.2) is 85.1 Å². The number of aliphatic hydroxyl groups is 5. The van der Waals surface area contributed by atoms with E-state index >= 15 is 0 Å². The number of phosphoric ester groups is 2. The van der Waals surface area contributed by atoms with Crippen molar-refractivity contribution in [2.75, 3.05) is 13.2 Å². The lowest BCUT2D eigenvalue weighted by molar-refractivity contribution is -0.216. The molecule has 0 aromatic heterocycles. The molecule has 0 amide bonds. The summed E-state index contributed by atoms with van der Waals surface area (Å²) in [7, 11) is -10.7. The standard InChI is InChI=1S/C47H78O17P2/c1-3-5-7-8-9-10-11-12-13-14-15-16-17-20-24-27-31-35-41(50)62-39(36-60-40(49)34-30-26-23-21-18-19-22-25-29-33-38(48)32-28-6-4-2)37-61-66(58,59)64-47-44(53)42(51)43(52)46(45(47)54)63-65(55,56)57/h6,9-10,12-13,15-16,20,22,24-25,28-29,33,38-39,42-48,51-54H,3-5,7-8,11,14,17-19,21,23,26-27,30-32,34-37H2,1-2H3,(H,58,59)(H2,55,56,57)/b10-9-,13-12-,16-15-,24-20-,25-22+,28-6+,33-29+/t38?,39-,42?,43?,44?,45?,46-,47+/m1/s1. The molecule has 9 atom stereocenters. The molecule has 0 spiro atoms. The van der Waals surface area contributed by atoms with Gasteiger partial charge in [0.2, 0.25) is 0 Å². The van der Waals surface area contributed by atoms with Crippen LogP contribution in [-0.4, -0.2) is 114 Å². The number of hydrogen-bond acceptors (Lipinski definition) is 14. The van der Waals surface area contributed by atoms with E-state index in [0.717, 1.165) is 64.2 Å². The molecule has 66 heavy (non-hydrogen) atoms. The van der Waals surface area contributed by atoms with Crippen LogP contribution in [0.5, 0.6) is 0 Å². The number of carbonyl (C=O) groups excluding carboxylic acids is 2. The molecular formula is C47H78O17P2. The predicted octanol–water partition coefficient (Wildman–Crippen LogP) is 7.58. The number of carbonyl (C=O) groups is 2. The topological polar surface area (TPSA) is 276 Å². The van der Waals surface area contributed by atoms with Crippen molar-refractivity contribution in [3.8, 4) is 0 Å². The first-order valence-electron chi connectivity index (χ1n) is 23.2. The molecule has 1 aliphatic carbocycles. The molecule has 0 radical (unpaired) electrons. The Hall–Kier alpha value is -2.86. The van der Waals surface area contributed by atoms with E-state index in [9.17, 15) is 49.1 Å². The van der Waals surface area contributed by atoms with Gasteiger partial charge in [0.1, 0.15) is 43.2 Å². The van der Waals surface area contributed by atoms with Gasteiger partial charge >= 0.3 is 27.6 Å². The fourth-order valence-electron chi connectivity index (χ4n) is 6.41. The highest BCUT2D eigenvalue weighted by molar-refractivity contribution is 7.47. The lowest BCUT2D eigenvalue weighted by Gasteiger charge is -2.43.